The quantitative estimate of drug-likeness (QED) is 0.879. The van der Waals surface area contributed by atoms with Crippen molar-refractivity contribution in [3.05, 3.63) is 35.4 Å². The Morgan fingerprint density at radius 1 is 1.33 bits per heavy atom. The molecule has 0 aliphatic carbocycles. The van der Waals surface area contributed by atoms with Gasteiger partial charge in [-0.2, -0.15) is 13.2 Å². The molecule has 0 radical (unpaired) electrons. The predicted molar refractivity (Wildman–Crippen MR) is 76.6 cm³/mol. The molecule has 1 amide bonds. The van der Waals surface area contributed by atoms with Crippen LogP contribution in [0.2, 0.25) is 0 Å². The van der Waals surface area contributed by atoms with Gasteiger partial charge in [-0.3, -0.25) is 4.79 Å². The first-order valence-corrected chi connectivity index (χ1v) is 6.58. The minimum absolute atomic E-state index is 0. The molecule has 118 valence electrons. The number of halogens is 4. The van der Waals surface area contributed by atoms with Crippen molar-refractivity contribution in [3.63, 3.8) is 0 Å². The maximum Gasteiger partial charge on any atom is 0.417 e. The second-order valence-corrected chi connectivity index (χ2v) is 5.09. The Bertz CT molecular complexity index is 493. The van der Waals surface area contributed by atoms with Crippen molar-refractivity contribution in [2.24, 2.45) is 0 Å². The summed E-state index contributed by atoms with van der Waals surface area (Å²) in [5.41, 5.74) is -1.20. The molecule has 3 nitrogen and oxygen atoms in total. The van der Waals surface area contributed by atoms with Crippen LogP contribution in [0, 0.1) is 0 Å². The zero-order chi connectivity index (χ0) is 14.8. The first-order chi connectivity index (χ1) is 9.38. The Balaban J connectivity index is 0.00000220. The minimum atomic E-state index is -4.52. The van der Waals surface area contributed by atoms with E-state index < -0.39 is 17.6 Å². The van der Waals surface area contributed by atoms with Crippen LogP contribution in [0.4, 0.5) is 13.2 Å². The Kier molecular flexibility index (Phi) is 6.04. The molecule has 0 saturated carbocycles. The van der Waals surface area contributed by atoms with E-state index in [0.29, 0.717) is 0 Å². The fourth-order valence-electron chi connectivity index (χ4n) is 2.45. The molecule has 2 rings (SSSR count). The molecule has 1 saturated heterocycles. The lowest BCUT2D eigenvalue weighted by Crippen LogP contribution is -2.46. The number of benzene rings is 1. The molecule has 1 heterocycles. The lowest BCUT2D eigenvalue weighted by molar-refractivity contribution is -0.137. The maximum atomic E-state index is 12.9. The van der Waals surface area contributed by atoms with Crippen LogP contribution in [0.25, 0.3) is 0 Å². The van der Waals surface area contributed by atoms with Crippen molar-refractivity contribution in [2.45, 2.75) is 38.0 Å². The zero-order valence-corrected chi connectivity index (χ0v) is 12.4. The lowest BCUT2D eigenvalue weighted by Gasteiger charge is -2.29. The third kappa shape index (κ3) is 4.61. The topological polar surface area (TPSA) is 41.1 Å². The van der Waals surface area contributed by atoms with Gasteiger partial charge in [-0.1, -0.05) is 12.1 Å². The van der Waals surface area contributed by atoms with Crippen molar-refractivity contribution < 1.29 is 18.0 Å². The molecule has 1 aliphatic rings. The Morgan fingerprint density at radius 2 is 2.00 bits per heavy atom. The number of piperidine rings is 1. The van der Waals surface area contributed by atoms with Crippen LogP contribution in [0.5, 0.6) is 0 Å². The molecule has 1 fully saturated rings. The van der Waals surface area contributed by atoms with Gasteiger partial charge in [0.2, 0.25) is 0 Å². The van der Waals surface area contributed by atoms with Crippen molar-refractivity contribution in [3.8, 4) is 0 Å². The molecule has 1 aromatic carbocycles. The van der Waals surface area contributed by atoms with E-state index in [4.69, 9.17) is 0 Å². The number of carbonyl (C=O) groups is 1. The molecule has 0 aromatic heterocycles. The third-order valence-corrected chi connectivity index (χ3v) is 3.44. The van der Waals surface area contributed by atoms with Gasteiger partial charge in [-0.25, -0.2) is 0 Å². The lowest BCUT2D eigenvalue weighted by atomic mass is 9.99. The van der Waals surface area contributed by atoms with E-state index >= 15 is 0 Å². The monoisotopic (exact) mass is 322 g/mol. The summed E-state index contributed by atoms with van der Waals surface area (Å²) in [7, 11) is 0. The Labute approximate surface area is 127 Å². The smallest absolute Gasteiger partial charge is 0.349 e. The number of amides is 1. The number of carbonyl (C=O) groups excluding carboxylic acids is 1. The summed E-state index contributed by atoms with van der Waals surface area (Å²) in [6.45, 7) is 2.75. The van der Waals surface area contributed by atoms with E-state index in [1.54, 1.807) is 0 Å². The molecule has 7 heteroatoms. The summed E-state index contributed by atoms with van der Waals surface area (Å²) in [6.07, 6.45) is -3.07. The second kappa shape index (κ2) is 7.13. The van der Waals surface area contributed by atoms with Crippen LogP contribution in [0.3, 0.4) is 0 Å². The van der Waals surface area contributed by atoms with E-state index in [-0.39, 0.29) is 30.1 Å². The number of hydrogen-bond acceptors (Lipinski definition) is 2. The molecular formula is C14H18ClF3N2O. The van der Waals surface area contributed by atoms with E-state index in [9.17, 15) is 18.0 Å². The van der Waals surface area contributed by atoms with Crippen molar-refractivity contribution in [1.82, 2.24) is 10.6 Å². The predicted octanol–water partition coefficient (Wildman–Crippen LogP) is 3.00. The average molecular weight is 323 g/mol. The summed E-state index contributed by atoms with van der Waals surface area (Å²) in [4.78, 5) is 12.1. The molecule has 2 N–H and O–H groups in total. The number of rotatable bonds is 2. The van der Waals surface area contributed by atoms with Crippen LogP contribution in [0.1, 0.15) is 35.7 Å². The van der Waals surface area contributed by atoms with Crippen LogP contribution in [-0.4, -0.2) is 24.5 Å². The van der Waals surface area contributed by atoms with Gasteiger partial charge in [-0.05, 0) is 38.4 Å². The standard InChI is InChI=1S/C14H17F3N2O.ClH/c1-9-8-10(6-7-18-9)19-13(20)11-4-2-3-5-12(11)14(15,16)17;/h2-5,9-10,18H,6-8H2,1H3,(H,19,20);1H. The van der Waals surface area contributed by atoms with Crippen LogP contribution in [-0.2, 0) is 6.18 Å². The van der Waals surface area contributed by atoms with Gasteiger partial charge in [0.05, 0.1) is 11.1 Å². The summed E-state index contributed by atoms with van der Waals surface area (Å²) >= 11 is 0. The summed E-state index contributed by atoms with van der Waals surface area (Å²) in [6, 6.07) is 5.04. The molecule has 0 bridgehead atoms. The van der Waals surface area contributed by atoms with Crippen molar-refractivity contribution in [1.29, 1.82) is 0 Å². The molecule has 2 unspecified atom stereocenters. The summed E-state index contributed by atoms with van der Waals surface area (Å²) < 4.78 is 38.6. The second-order valence-electron chi connectivity index (χ2n) is 5.09. The summed E-state index contributed by atoms with van der Waals surface area (Å²) in [5.74, 6) is -0.656. The van der Waals surface area contributed by atoms with E-state index in [1.165, 1.54) is 18.2 Å². The van der Waals surface area contributed by atoms with Gasteiger partial charge >= 0.3 is 6.18 Å². The highest BCUT2D eigenvalue weighted by molar-refractivity contribution is 5.96. The number of nitrogens with one attached hydrogen (secondary N) is 2. The Hall–Kier alpha value is -1.27. The SMILES string of the molecule is CC1CC(NC(=O)c2ccccc2C(F)(F)F)CCN1.Cl. The normalized spacial score (nSPS) is 22.3. The van der Waals surface area contributed by atoms with Gasteiger partial charge in [0.15, 0.2) is 0 Å². The molecule has 1 aliphatic heterocycles. The minimum Gasteiger partial charge on any atom is -0.349 e. The van der Waals surface area contributed by atoms with Crippen LogP contribution < -0.4 is 10.6 Å². The first-order valence-electron chi connectivity index (χ1n) is 6.58. The van der Waals surface area contributed by atoms with Crippen molar-refractivity contribution in [2.75, 3.05) is 6.54 Å². The van der Waals surface area contributed by atoms with E-state index in [0.717, 1.165) is 25.5 Å². The molecule has 21 heavy (non-hydrogen) atoms. The fourth-order valence-corrected chi connectivity index (χ4v) is 2.45. The molecular weight excluding hydrogens is 305 g/mol. The summed E-state index contributed by atoms with van der Waals surface area (Å²) in [5, 5.41) is 5.93. The van der Waals surface area contributed by atoms with E-state index in [2.05, 4.69) is 10.6 Å². The van der Waals surface area contributed by atoms with Crippen LogP contribution >= 0.6 is 12.4 Å². The molecule has 1 aromatic rings. The maximum absolute atomic E-state index is 12.9. The Morgan fingerprint density at radius 3 is 2.62 bits per heavy atom. The zero-order valence-electron chi connectivity index (χ0n) is 11.5. The molecule has 2 atom stereocenters. The van der Waals surface area contributed by atoms with E-state index in [1.807, 2.05) is 6.92 Å². The number of alkyl halides is 3. The van der Waals surface area contributed by atoms with Gasteiger partial charge in [0.1, 0.15) is 0 Å². The van der Waals surface area contributed by atoms with Gasteiger partial charge in [0.25, 0.3) is 5.91 Å². The average Bonchev–Trinajstić information content (AvgIpc) is 2.37. The van der Waals surface area contributed by atoms with Gasteiger partial charge in [-0.15, -0.1) is 12.4 Å². The van der Waals surface area contributed by atoms with Crippen LogP contribution in [0.15, 0.2) is 24.3 Å². The van der Waals surface area contributed by atoms with Gasteiger partial charge < -0.3 is 10.6 Å². The largest absolute Gasteiger partial charge is 0.417 e. The molecule has 0 spiro atoms. The highest BCUT2D eigenvalue weighted by Gasteiger charge is 2.35. The fraction of sp³-hybridized carbons (Fsp3) is 0.500. The van der Waals surface area contributed by atoms with Gasteiger partial charge in [0, 0.05) is 12.1 Å². The highest BCUT2D eigenvalue weighted by atomic mass is 35.5. The third-order valence-electron chi connectivity index (χ3n) is 3.44. The number of hydrogen-bond donors (Lipinski definition) is 2. The van der Waals surface area contributed by atoms with Crippen molar-refractivity contribution >= 4 is 18.3 Å². The highest BCUT2D eigenvalue weighted by Crippen LogP contribution is 2.31. The first kappa shape index (κ1) is 17.8.